The van der Waals surface area contributed by atoms with Crippen LogP contribution in [0.1, 0.15) is 36.9 Å². The molecule has 0 bridgehead atoms. The Bertz CT molecular complexity index is 571. The summed E-state index contributed by atoms with van der Waals surface area (Å²) in [7, 11) is 3.40. The van der Waals surface area contributed by atoms with Gasteiger partial charge in [0.15, 0.2) is 0 Å². The first-order valence-corrected chi connectivity index (χ1v) is 7.61. The molecule has 0 radical (unpaired) electrons. The van der Waals surface area contributed by atoms with Crippen molar-refractivity contribution in [2.45, 2.75) is 32.7 Å². The molecule has 1 aromatic rings. The van der Waals surface area contributed by atoms with Crippen LogP contribution in [0.3, 0.4) is 0 Å². The number of aryl methyl sites for hydroxylation is 1. The monoisotopic (exact) mass is 304 g/mol. The minimum absolute atomic E-state index is 0.0344. The predicted octanol–water partition coefficient (Wildman–Crippen LogP) is 2.05. The molecule has 1 saturated heterocycles. The van der Waals surface area contributed by atoms with Gasteiger partial charge in [-0.3, -0.25) is 9.59 Å². The van der Waals surface area contributed by atoms with E-state index in [2.05, 4.69) is 5.32 Å². The number of hydrogen-bond acceptors (Lipinski definition) is 3. The minimum atomic E-state index is -0.234. The molecule has 1 aliphatic heterocycles. The standard InChI is InChI=1S/C17H24N2O3/c1-11-5-6-15(22-4)14(9-11)12(2)18-17(21)13-7-8-19(3)16(20)10-13/h5-6,9,12-13H,7-8,10H2,1-4H3,(H,18,21)/t12-,13+/m1/s1. The Morgan fingerprint density at radius 3 is 2.82 bits per heavy atom. The minimum Gasteiger partial charge on any atom is -0.496 e. The van der Waals surface area contributed by atoms with Crippen LogP contribution in [0.4, 0.5) is 0 Å². The van der Waals surface area contributed by atoms with Crippen molar-refractivity contribution in [2.75, 3.05) is 20.7 Å². The number of benzene rings is 1. The third-order valence-corrected chi connectivity index (χ3v) is 4.24. The van der Waals surface area contributed by atoms with Gasteiger partial charge in [-0.15, -0.1) is 0 Å². The lowest BCUT2D eigenvalue weighted by Gasteiger charge is -2.29. The lowest BCUT2D eigenvalue weighted by atomic mass is 9.94. The van der Waals surface area contributed by atoms with Gasteiger partial charge in [-0.05, 0) is 26.3 Å². The van der Waals surface area contributed by atoms with Gasteiger partial charge in [-0.2, -0.15) is 0 Å². The van der Waals surface area contributed by atoms with Crippen LogP contribution in [0.2, 0.25) is 0 Å². The second-order valence-electron chi connectivity index (χ2n) is 5.98. The van der Waals surface area contributed by atoms with Gasteiger partial charge in [0.25, 0.3) is 0 Å². The summed E-state index contributed by atoms with van der Waals surface area (Å²) in [4.78, 5) is 25.8. The summed E-state index contributed by atoms with van der Waals surface area (Å²) in [6.07, 6.45) is 1.01. The molecule has 0 unspecified atom stereocenters. The summed E-state index contributed by atoms with van der Waals surface area (Å²) in [5.74, 6) is 0.504. The van der Waals surface area contributed by atoms with Crippen LogP contribution in [0.15, 0.2) is 18.2 Å². The summed E-state index contributed by atoms with van der Waals surface area (Å²) in [6.45, 7) is 4.58. The molecule has 2 amide bonds. The number of amides is 2. The smallest absolute Gasteiger partial charge is 0.224 e. The van der Waals surface area contributed by atoms with E-state index in [1.807, 2.05) is 32.0 Å². The molecule has 5 nitrogen and oxygen atoms in total. The van der Waals surface area contributed by atoms with Gasteiger partial charge >= 0.3 is 0 Å². The molecule has 0 spiro atoms. The molecular weight excluding hydrogens is 280 g/mol. The van der Waals surface area contributed by atoms with Gasteiger partial charge < -0.3 is 15.0 Å². The fraction of sp³-hybridized carbons (Fsp3) is 0.529. The van der Waals surface area contributed by atoms with Crippen molar-refractivity contribution in [1.29, 1.82) is 0 Å². The fourth-order valence-corrected chi connectivity index (χ4v) is 2.77. The van der Waals surface area contributed by atoms with Gasteiger partial charge in [0, 0.05) is 31.5 Å². The average Bonchev–Trinajstić information content (AvgIpc) is 2.49. The fourth-order valence-electron chi connectivity index (χ4n) is 2.77. The van der Waals surface area contributed by atoms with E-state index in [0.29, 0.717) is 19.4 Å². The van der Waals surface area contributed by atoms with Crippen LogP contribution in [0.5, 0.6) is 5.75 Å². The molecule has 1 heterocycles. The van der Waals surface area contributed by atoms with Crippen molar-refractivity contribution in [3.8, 4) is 5.75 Å². The van der Waals surface area contributed by atoms with Crippen LogP contribution in [-0.2, 0) is 9.59 Å². The first kappa shape index (κ1) is 16.3. The first-order valence-electron chi connectivity index (χ1n) is 7.61. The molecule has 2 rings (SSSR count). The maximum absolute atomic E-state index is 12.4. The van der Waals surface area contributed by atoms with Crippen molar-refractivity contribution >= 4 is 11.8 Å². The van der Waals surface area contributed by atoms with Gasteiger partial charge in [0.2, 0.25) is 11.8 Å². The quantitative estimate of drug-likeness (QED) is 0.926. The molecule has 120 valence electrons. The van der Waals surface area contributed by atoms with Crippen LogP contribution in [0, 0.1) is 12.8 Å². The first-order chi connectivity index (χ1) is 10.4. The number of methoxy groups -OCH3 is 1. The Hall–Kier alpha value is -2.04. The molecule has 0 saturated carbocycles. The van der Waals surface area contributed by atoms with Crippen molar-refractivity contribution in [1.82, 2.24) is 10.2 Å². The highest BCUT2D eigenvalue weighted by Gasteiger charge is 2.29. The molecule has 1 fully saturated rings. The van der Waals surface area contributed by atoms with E-state index >= 15 is 0 Å². The molecule has 1 aromatic carbocycles. The van der Waals surface area contributed by atoms with E-state index in [9.17, 15) is 9.59 Å². The zero-order valence-corrected chi connectivity index (χ0v) is 13.7. The van der Waals surface area contributed by atoms with Crippen molar-refractivity contribution in [3.05, 3.63) is 29.3 Å². The molecular formula is C17H24N2O3. The topological polar surface area (TPSA) is 58.6 Å². The Morgan fingerprint density at radius 2 is 2.18 bits per heavy atom. The molecule has 22 heavy (non-hydrogen) atoms. The number of hydrogen-bond donors (Lipinski definition) is 1. The van der Waals surface area contributed by atoms with Gasteiger partial charge in [0.1, 0.15) is 5.75 Å². The Morgan fingerprint density at radius 1 is 1.45 bits per heavy atom. The van der Waals surface area contributed by atoms with E-state index in [0.717, 1.165) is 16.9 Å². The lowest BCUT2D eigenvalue weighted by Crippen LogP contribution is -2.42. The predicted molar refractivity (Wildman–Crippen MR) is 84.6 cm³/mol. The van der Waals surface area contributed by atoms with E-state index < -0.39 is 0 Å². The summed E-state index contributed by atoms with van der Waals surface area (Å²) >= 11 is 0. The highest BCUT2D eigenvalue weighted by Crippen LogP contribution is 2.27. The number of ether oxygens (including phenoxy) is 1. The van der Waals surface area contributed by atoms with Crippen molar-refractivity contribution in [3.63, 3.8) is 0 Å². The van der Waals surface area contributed by atoms with Crippen LogP contribution < -0.4 is 10.1 Å². The SMILES string of the molecule is COc1ccc(C)cc1[C@@H](C)NC(=O)[C@H]1CCN(C)C(=O)C1. The maximum atomic E-state index is 12.4. The maximum Gasteiger partial charge on any atom is 0.224 e. The Balaban J connectivity index is 2.05. The number of piperidine rings is 1. The number of carbonyl (C=O) groups is 2. The van der Waals surface area contributed by atoms with E-state index in [1.54, 1.807) is 19.1 Å². The second-order valence-corrected chi connectivity index (χ2v) is 5.98. The summed E-state index contributed by atoms with van der Waals surface area (Å²) in [5, 5.41) is 3.01. The van der Waals surface area contributed by atoms with Crippen molar-refractivity contribution in [2.24, 2.45) is 5.92 Å². The lowest BCUT2D eigenvalue weighted by molar-refractivity contribution is -0.139. The summed E-state index contributed by atoms with van der Waals surface area (Å²) in [5.41, 5.74) is 2.07. The zero-order valence-electron chi connectivity index (χ0n) is 13.7. The Kier molecular flexibility index (Phi) is 5.06. The molecule has 2 atom stereocenters. The Labute approximate surface area is 131 Å². The normalized spacial score (nSPS) is 19.7. The van der Waals surface area contributed by atoms with E-state index in [-0.39, 0.29) is 23.8 Å². The third kappa shape index (κ3) is 3.59. The number of carbonyl (C=O) groups excluding carboxylic acids is 2. The highest BCUT2D eigenvalue weighted by atomic mass is 16.5. The number of nitrogens with zero attached hydrogens (tertiary/aromatic N) is 1. The second kappa shape index (κ2) is 6.81. The van der Waals surface area contributed by atoms with Gasteiger partial charge in [-0.25, -0.2) is 0 Å². The molecule has 5 heteroatoms. The molecule has 0 aromatic heterocycles. The zero-order chi connectivity index (χ0) is 16.3. The summed E-state index contributed by atoms with van der Waals surface area (Å²) in [6, 6.07) is 5.75. The van der Waals surface area contributed by atoms with Crippen molar-refractivity contribution < 1.29 is 14.3 Å². The number of nitrogens with one attached hydrogen (secondary N) is 1. The van der Waals surface area contributed by atoms with Crippen LogP contribution in [0.25, 0.3) is 0 Å². The molecule has 1 N–H and O–H groups in total. The van der Waals surface area contributed by atoms with E-state index in [4.69, 9.17) is 4.74 Å². The highest BCUT2D eigenvalue weighted by molar-refractivity contribution is 5.87. The van der Waals surface area contributed by atoms with Crippen LogP contribution in [-0.4, -0.2) is 37.4 Å². The van der Waals surface area contributed by atoms with Crippen LogP contribution >= 0.6 is 0 Å². The average molecular weight is 304 g/mol. The third-order valence-electron chi connectivity index (χ3n) is 4.24. The largest absolute Gasteiger partial charge is 0.496 e. The van der Waals surface area contributed by atoms with Gasteiger partial charge in [0.05, 0.1) is 13.2 Å². The number of likely N-dealkylation sites (tertiary alicyclic amines) is 1. The molecule has 0 aliphatic carbocycles. The summed E-state index contributed by atoms with van der Waals surface area (Å²) < 4.78 is 5.37. The molecule has 1 aliphatic rings. The van der Waals surface area contributed by atoms with E-state index in [1.165, 1.54) is 0 Å². The van der Waals surface area contributed by atoms with Gasteiger partial charge in [-0.1, -0.05) is 17.7 Å². The number of rotatable bonds is 4.